The fraction of sp³-hybridized carbons (Fsp3) is 0.750. The molecule has 120 valence electrons. The Bertz CT molecular complexity index is 526. The highest BCUT2D eigenvalue weighted by atomic mass is 32.2. The van der Waals surface area contributed by atoms with Gasteiger partial charge in [-0.15, -0.1) is 11.3 Å². The molecule has 7 nitrogen and oxygen atoms in total. The highest BCUT2D eigenvalue weighted by Gasteiger charge is 2.14. The van der Waals surface area contributed by atoms with Crippen LogP contribution in [0.25, 0.3) is 0 Å². The molecule has 0 bridgehead atoms. The first-order valence-corrected chi connectivity index (χ1v) is 9.68. The minimum Gasteiger partial charge on any atom is -0.378 e. The predicted molar refractivity (Wildman–Crippen MR) is 84.3 cm³/mol. The van der Waals surface area contributed by atoms with Crippen molar-refractivity contribution in [2.45, 2.75) is 13.0 Å². The number of hydrogen-bond donors (Lipinski definition) is 2. The van der Waals surface area contributed by atoms with Crippen molar-refractivity contribution in [2.75, 3.05) is 50.5 Å². The third-order valence-electron chi connectivity index (χ3n) is 3.02. The Morgan fingerprint density at radius 1 is 1.38 bits per heavy atom. The first kappa shape index (κ1) is 16.6. The number of morpholine rings is 1. The van der Waals surface area contributed by atoms with Crippen molar-refractivity contribution in [1.29, 1.82) is 0 Å². The quantitative estimate of drug-likeness (QED) is 0.652. The highest BCUT2D eigenvalue weighted by Crippen LogP contribution is 2.22. The lowest BCUT2D eigenvalue weighted by Gasteiger charge is -2.25. The van der Waals surface area contributed by atoms with E-state index in [1.165, 1.54) is 11.1 Å². The van der Waals surface area contributed by atoms with Gasteiger partial charge in [0.05, 0.1) is 19.5 Å². The van der Waals surface area contributed by atoms with Crippen LogP contribution >= 0.6 is 11.3 Å². The summed E-state index contributed by atoms with van der Waals surface area (Å²) in [6, 6.07) is 0. The standard InChI is InChI=1S/C12H22N4O3S2/c1-21(17,18)15-4-2-3-13-9-11-10-14-12(20-11)16-5-7-19-8-6-16/h10,13,15H,2-9H2,1H3. The summed E-state index contributed by atoms with van der Waals surface area (Å²) in [7, 11) is -3.07. The first-order valence-electron chi connectivity index (χ1n) is 6.97. The van der Waals surface area contributed by atoms with Gasteiger partial charge in [0.25, 0.3) is 0 Å². The number of nitrogens with zero attached hydrogens (tertiary/aromatic N) is 2. The normalized spacial score (nSPS) is 16.3. The summed E-state index contributed by atoms with van der Waals surface area (Å²) in [5.41, 5.74) is 0. The van der Waals surface area contributed by atoms with E-state index in [-0.39, 0.29) is 0 Å². The summed E-state index contributed by atoms with van der Waals surface area (Å²) < 4.78 is 29.6. The number of sulfonamides is 1. The van der Waals surface area contributed by atoms with Crippen molar-refractivity contribution in [1.82, 2.24) is 15.0 Å². The molecule has 1 saturated heterocycles. The maximum atomic E-state index is 10.9. The number of thiazole rings is 1. The maximum absolute atomic E-state index is 10.9. The molecule has 1 fully saturated rings. The number of anilines is 1. The zero-order valence-corrected chi connectivity index (χ0v) is 13.8. The van der Waals surface area contributed by atoms with Crippen molar-refractivity contribution in [3.05, 3.63) is 11.1 Å². The van der Waals surface area contributed by atoms with Crippen LogP contribution in [0.15, 0.2) is 6.20 Å². The summed E-state index contributed by atoms with van der Waals surface area (Å²) in [5, 5.41) is 4.35. The van der Waals surface area contributed by atoms with Crippen molar-refractivity contribution in [3.63, 3.8) is 0 Å². The van der Waals surface area contributed by atoms with Gasteiger partial charge in [0.2, 0.25) is 10.0 Å². The molecule has 1 aliphatic rings. The Hall–Kier alpha value is -0.740. The SMILES string of the molecule is CS(=O)(=O)NCCCNCc1cnc(N2CCOCC2)s1. The van der Waals surface area contributed by atoms with Crippen molar-refractivity contribution in [2.24, 2.45) is 0 Å². The molecule has 0 aromatic carbocycles. The number of ether oxygens (including phenoxy) is 1. The average Bonchev–Trinajstić information content (AvgIpc) is 2.91. The zero-order valence-electron chi connectivity index (χ0n) is 12.2. The summed E-state index contributed by atoms with van der Waals surface area (Å²) in [6.07, 6.45) is 3.84. The molecule has 0 aliphatic carbocycles. The van der Waals surface area contributed by atoms with E-state index in [9.17, 15) is 8.42 Å². The van der Waals surface area contributed by atoms with E-state index in [2.05, 4.69) is 19.9 Å². The second-order valence-electron chi connectivity index (χ2n) is 4.91. The number of aromatic nitrogens is 1. The van der Waals surface area contributed by atoms with Gasteiger partial charge < -0.3 is 15.0 Å². The van der Waals surface area contributed by atoms with Gasteiger partial charge in [0, 0.05) is 37.3 Å². The van der Waals surface area contributed by atoms with Crippen LogP contribution in [0.1, 0.15) is 11.3 Å². The van der Waals surface area contributed by atoms with Crippen LogP contribution in [0.4, 0.5) is 5.13 Å². The van der Waals surface area contributed by atoms with Crippen molar-refractivity contribution < 1.29 is 13.2 Å². The van der Waals surface area contributed by atoms with Gasteiger partial charge in [-0.2, -0.15) is 0 Å². The molecule has 1 aliphatic heterocycles. The molecule has 2 rings (SSSR count). The molecule has 2 N–H and O–H groups in total. The predicted octanol–water partition coefficient (Wildman–Crippen LogP) is 0.00860. The van der Waals surface area contributed by atoms with Crippen LogP contribution in [0, 0.1) is 0 Å². The van der Waals surface area contributed by atoms with E-state index in [1.54, 1.807) is 11.3 Å². The molecular formula is C12H22N4O3S2. The molecule has 0 saturated carbocycles. The Morgan fingerprint density at radius 2 is 2.14 bits per heavy atom. The van der Waals surface area contributed by atoms with Gasteiger partial charge in [-0.25, -0.2) is 18.1 Å². The Morgan fingerprint density at radius 3 is 2.86 bits per heavy atom. The second-order valence-corrected chi connectivity index (χ2v) is 7.83. The third kappa shape index (κ3) is 6.27. The molecule has 1 aromatic rings. The monoisotopic (exact) mass is 334 g/mol. The summed E-state index contributed by atoms with van der Waals surface area (Å²) in [4.78, 5) is 7.88. The largest absolute Gasteiger partial charge is 0.378 e. The van der Waals surface area contributed by atoms with Gasteiger partial charge in [0.15, 0.2) is 5.13 Å². The molecule has 0 spiro atoms. The number of hydrogen-bond acceptors (Lipinski definition) is 7. The minimum atomic E-state index is -3.07. The number of rotatable bonds is 8. The molecule has 1 aromatic heterocycles. The molecular weight excluding hydrogens is 312 g/mol. The van der Waals surface area contributed by atoms with Gasteiger partial charge in [0.1, 0.15) is 0 Å². The molecule has 0 atom stereocenters. The van der Waals surface area contributed by atoms with Gasteiger partial charge in [-0.3, -0.25) is 0 Å². The van der Waals surface area contributed by atoms with E-state index in [0.717, 1.165) is 50.9 Å². The molecule has 0 amide bonds. The highest BCUT2D eigenvalue weighted by molar-refractivity contribution is 7.88. The molecule has 0 unspecified atom stereocenters. The van der Waals surface area contributed by atoms with Crippen LogP contribution in [-0.4, -0.2) is 59.1 Å². The lowest BCUT2D eigenvalue weighted by molar-refractivity contribution is 0.122. The van der Waals surface area contributed by atoms with E-state index < -0.39 is 10.0 Å². The smallest absolute Gasteiger partial charge is 0.208 e. The topological polar surface area (TPSA) is 83.6 Å². The van der Waals surface area contributed by atoms with E-state index in [0.29, 0.717) is 6.54 Å². The Balaban J connectivity index is 1.64. The molecule has 9 heteroatoms. The summed E-state index contributed by atoms with van der Waals surface area (Å²) in [6.45, 7) is 5.33. The Kier molecular flexibility index (Phi) is 6.37. The van der Waals surface area contributed by atoms with E-state index in [4.69, 9.17) is 4.74 Å². The molecule has 2 heterocycles. The van der Waals surface area contributed by atoms with Crippen LogP contribution in [0.2, 0.25) is 0 Å². The van der Waals surface area contributed by atoms with Crippen molar-refractivity contribution in [3.8, 4) is 0 Å². The lowest BCUT2D eigenvalue weighted by atomic mass is 10.4. The average molecular weight is 334 g/mol. The number of nitrogens with one attached hydrogen (secondary N) is 2. The summed E-state index contributed by atoms with van der Waals surface area (Å²) in [5.74, 6) is 0. The van der Waals surface area contributed by atoms with Crippen LogP contribution in [-0.2, 0) is 21.3 Å². The molecule has 21 heavy (non-hydrogen) atoms. The fourth-order valence-electron chi connectivity index (χ4n) is 1.96. The fourth-order valence-corrected chi connectivity index (χ4v) is 3.41. The first-order chi connectivity index (χ1) is 10.0. The van der Waals surface area contributed by atoms with Crippen molar-refractivity contribution >= 4 is 26.5 Å². The summed E-state index contributed by atoms with van der Waals surface area (Å²) >= 11 is 1.69. The van der Waals surface area contributed by atoms with Gasteiger partial charge >= 0.3 is 0 Å². The Labute approximate surface area is 129 Å². The maximum Gasteiger partial charge on any atom is 0.208 e. The van der Waals surface area contributed by atoms with Crippen LogP contribution in [0.3, 0.4) is 0 Å². The van der Waals surface area contributed by atoms with Crippen LogP contribution < -0.4 is 14.9 Å². The second kappa shape index (κ2) is 8.04. The lowest BCUT2D eigenvalue weighted by Crippen LogP contribution is -2.36. The van der Waals surface area contributed by atoms with Gasteiger partial charge in [-0.1, -0.05) is 0 Å². The third-order valence-corrected chi connectivity index (χ3v) is 4.80. The minimum absolute atomic E-state index is 0.466. The zero-order chi connectivity index (χ0) is 15.1. The van der Waals surface area contributed by atoms with Crippen LogP contribution in [0.5, 0.6) is 0 Å². The van der Waals surface area contributed by atoms with E-state index >= 15 is 0 Å². The van der Waals surface area contributed by atoms with E-state index in [1.807, 2.05) is 6.20 Å². The van der Waals surface area contributed by atoms with Gasteiger partial charge in [-0.05, 0) is 13.0 Å². The molecule has 0 radical (unpaired) electrons.